The van der Waals surface area contributed by atoms with E-state index >= 15 is 0 Å². The van der Waals surface area contributed by atoms with Crippen LogP contribution in [-0.4, -0.2) is 72.4 Å². The van der Waals surface area contributed by atoms with Gasteiger partial charge in [-0.1, -0.05) is 23.7 Å². The van der Waals surface area contributed by atoms with Crippen LogP contribution >= 0.6 is 11.6 Å². The molecule has 0 saturated carbocycles. The zero-order chi connectivity index (χ0) is 22.1. The second-order valence-corrected chi connectivity index (χ2v) is 8.43. The monoisotopic (exact) mass is 452 g/mol. The molecule has 8 heteroatoms. The van der Waals surface area contributed by atoms with Crippen LogP contribution in [0.3, 0.4) is 0 Å². The number of rotatable bonds is 6. The molecule has 1 saturated heterocycles. The number of H-pyrrole nitrogens is 1. The van der Waals surface area contributed by atoms with Crippen LogP contribution in [0.2, 0.25) is 5.02 Å². The molecule has 3 heterocycles. The number of methoxy groups -OCH3 is 1. The summed E-state index contributed by atoms with van der Waals surface area (Å²) in [6, 6.07) is 15.2. The molecule has 0 bridgehead atoms. The minimum absolute atomic E-state index is 0.0273. The van der Waals surface area contributed by atoms with E-state index in [9.17, 15) is 4.79 Å². The summed E-state index contributed by atoms with van der Waals surface area (Å²) in [6.45, 7) is 4.67. The van der Waals surface area contributed by atoms with Gasteiger partial charge in [0.25, 0.3) is 5.91 Å². The molecule has 7 nitrogen and oxygen atoms in total. The first-order valence-electron chi connectivity index (χ1n) is 10.7. The molecule has 1 fully saturated rings. The van der Waals surface area contributed by atoms with Gasteiger partial charge in [-0.15, -0.1) is 0 Å². The number of halogens is 1. The predicted molar refractivity (Wildman–Crippen MR) is 122 cm³/mol. The fraction of sp³-hybridized carbons (Fsp3) is 0.333. The number of benzene rings is 2. The summed E-state index contributed by atoms with van der Waals surface area (Å²) in [5.41, 5.74) is 4.19. The van der Waals surface area contributed by atoms with Crippen LogP contribution < -0.4 is 4.74 Å². The number of morpholine rings is 1. The molecule has 5 rings (SSSR count). The van der Waals surface area contributed by atoms with E-state index in [1.165, 1.54) is 0 Å². The van der Waals surface area contributed by atoms with Crippen molar-refractivity contribution < 1.29 is 14.3 Å². The third-order valence-electron chi connectivity index (χ3n) is 6.17. The highest BCUT2D eigenvalue weighted by Gasteiger charge is 2.42. The Bertz CT molecular complexity index is 1090. The maximum absolute atomic E-state index is 13.4. The number of carbonyl (C=O) groups excluding carboxylic acids is 1. The number of hydrogen-bond donors (Lipinski definition) is 1. The first-order chi connectivity index (χ1) is 15.7. The van der Waals surface area contributed by atoms with Gasteiger partial charge in [0.05, 0.1) is 32.1 Å². The van der Waals surface area contributed by atoms with E-state index < -0.39 is 0 Å². The van der Waals surface area contributed by atoms with Gasteiger partial charge >= 0.3 is 0 Å². The van der Waals surface area contributed by atoms with Gasteiger partial charge in [-0.25, -0.2) is 0 Å². The van der Waals surface area contributed by atoms with Crippen molar-refractivity contribution in [1.82, 2.24) is 20.0 Å². The largest absolute Gasteiger partial charge is 0.497 e. The fourth-order valence-corrected chi connectivity index (χ4v) is 4.59. The van der Waals surface area contributed by atoms with E-state index in [-0.39, 0.29) is 11.9 Å². The molecule has 1 aromatic heterocycles. The van der Waals surface area contributed by atoms with Crippen molar-refractivity contribution in [2.75, 3.05) is 46.5 Å². The molecule has 3 aromatic rings. The molecular formula is C24H25ClN4O3. The lowest BCUT2D eigenvalue weighted by Crippen LogP contribution is -2.42. The Morgan fingerprint density at radius 3 is 2.50 bits per heavy atom. The van der Waals surface area contributed by atoms with Crippen molar-refractivity contribution in [3.05, 3.63) is 70.4 Å². The Balaban J connectivity index is 1.52. The molecular weight excluding hydrogens is 428 g/mol. The maximum atomic E-state index is 13.4. The van der Waals surface area contributed by atoms with Crippen molar-refractivity contribution >= 4 is 17.5 Å². The van der Waals surface area contributed by atoms with Gasteiger partial charge in [-0.3, -0.25) is 14.8 Å². The van der Waals surface area contributed by atoms with Crippen molar-refractivity contribution in [2.24, 2.45) is 0 Å². The molecule has 1 amide bonds. The smallest absolute Gasteiger partial charge is 0.273 e. The number of aromatic amines is 1. The van der Waals surface area contributed by atoms with Gasteiger partial charge in [0.1, 0.15) is 11.4 Å². The summed E-state index contributed by atoms with van der Waals surface area (Å²) >= 11 is 6.15. The Hall–Kier alpha value is -2.87. The van der Waals surface area contributed by atoms with Gasteiger partial charge in [0.15, 0.2) is 0 Å². The third kappa shape index (κ3) is 3.88. The third-order valence-corrected chi connectivity index (χ3v) is 6.43. The lowest BCUT2D eigenvalue weighted by Gasteiger charge is -2.31. The number of nitrogens with one attached hydrogen (secondary N) is 1. The summed E-state index contributed by atoms with van der Waals surface area (Å²) in [5, 5.41) is 8.20. The first-order valence-corrected chi connectivity index (χ1v) is 11.1. The van der Waals surface area contributed by atoms with E-state index in [0.29, 0.717) is 17.3 Å². The minimum atomic E-state index is -0.230. The van der Waals surface area contributed by atoms with E-state index in [1.807, 2.05) is 53.4 Å². The fourth-order valence-electron chi connectivity index (χ4n) is 4.46. The summed E-state index contributed by atoms with van der Waals surface area (Å²) in [6.07, 6.45) is 0. The first kappa shape index (κ1) is 21.0. The molecule has 2 aromatic carbocycles. The van der Waals surface area contributed by atoms with Gasteiger partial charge in [0.2, 0.25) is 0 Å². The Morgan fingerprint density at radius 2 is 1.81 bits per heavy atom. The number of fused-ring (bicyclic) bond motifs is 1. The molecule has 2 aliphatic heterocycles. The summed E-state index contributed by atoms with van der Waals surface area (Å²) in [4.78, 5) is 17.7. The second-order valence-electron chi connectivity index (χ2n) is 8.00. The van der Waals surface area contributed by atoms with Crippen LogP contribution in [0.1, 0.15) is 27.7 Å². The Kier molecular flexibility index (Phi) is 5.87. The standard InChI is InChI=1S/C24H25ClN4O3/c1-31-19-8-4-16(5-9-19)21-20-22(27-26-21)24(30)29(11-10-28-12-14-32-15-13-28)23(20)17-2-6-18(25)7-3-17/h2-9,23H,10-15H2,1H3,(H,26,27). The molecule has 1 atom stereocenters. The van der Waals surface area contributed by atoms with E-state index in [1.54, 1.807) is 7.11 Å². The zero-order valence-corrected chi connectivity index (χ0v) is 18.6. The van der Waals surface area contributed by atoms with Gasteiger partial charge in [0, 0.05) is 42.3 Å². The van der Waals surface area contributed by atoms with Gasteiger partial charge < -0.3 is 14.4 Å². The van der Waals surface area contributed by atoms with Crippen molar-refractivity contribution in [3.8, 4) is 17.0 Å². The van der Waals surface area contributed by atoms with Crippen molar-refractivity contribution in [3.63, 3.8) is 0 Å². The highest BCUT2D eigenvalue weighted by atomic mass is 35.5. The number of carbonyl (C=O) groups is 1. The van der Waals surface area contributed by atoms with E-state index in [0.717, 1.165) is 61.0 Å². The lowest BCUT2D eigenvalue weighted by atomic mass is 9.96. The lowest BCUT2D eigenvalue weighted by molar-refractivity contribution is 0.0316. The topological polar surface area (TPSA) is 70.7 Å². The highest BCUT2D eigenvalue weighted by molar-refractivity contribution is 6.30. The number of nitrogens with zero attached hydrogens (tertiary/aromatic N) is 3. The summed E-state index contributed by atoms with van der Waals surface area (Å²) in [5.74, 6) is 0.749. The van der Waals surface area contributed by atoms with Gasteiger partial charge in [-0.05, 0) is 42.0 Å². The number of aromatic nitrogens is 2. The van der Waals surface area contributed by atoms with E-state index in [4.69, 9.17) is 21.1 Å². The minimum Gasteiger partial charge on any atom is -0.497 e. The number of amides is 1. The van der Waals surface area contributed by atoms with E-state index in [2.05, 4.69) is 15.1 Å². The van der Waals surface area contributed by atoms with Crippen LogP contribution in [0.25, 0.3) is 11.3 Å². The van der Waals surface area contributed by atoms with Crippen molar-refractivity contribution in [1.29, 1.82) is 0 Å². The predicted octanol–water partition coefficient (Wildman–Crippen LogP) is 3.62. The molecule has 32 heavy (non-hydrogen) atoms. The number of ether oxygens (including phenoxy) is 2. The average molecular weight is 453 g/mol. The molecule has 0 aliphatic carbocycles. The quantitative estimate of drug-likeness (QED) is 0.618. The van der Waals surface area contributed by atoms with Crippen LogP contribution in [-0.2, 0) is 4.74 Å². The van der Waals surface area contributed by atoms with Crippen LogP contribution in [0.4, 0.5) is 0 Å². The molecule has 2 aliphatic rings. The molecule has 1 N–H and O–H groups in total. The summed E-state index contributed by atoms with van der Waals surface area (Å²) in [7, 11) is 1.64. The Morgan fingerprint density at radius 1 is 1.09 bits per heavy atom. The SMILES string of the molecule is COc1ccc(-c2n[nH]c3c2C(c2ccc(Cl)cc2)N(CCN2CCOCC2)C3=O)cc1. The number of hydrogen-bond acceptors (Lipinski definition) is 5. The zero-order valence-electron chi connectivity index (χ0n) is 17.9. The molecule has 0 radical (unpaired) electrons. The maximum Gasteiger partial charge on any atom is 0.273 e. The Labute approximate surface area is 191 Å². The molecule has 1 unspecified atom stereocenters. The van der Waals surface area contributed by atoms with Crippen LogP contribution in [0, 0.1) is 0 Å². The van der Waals surface area contributed by atoms with Crippen LogP contribution in [0.5, 0.6) is 5.75 Å². The average Bonchev–Trinajstić information content (AvgIpc) is 3.38. The van der Waals surface area contributed by atoms with Crippen molar-refractivity contribution in [2.45, 2.75) is 6.04 Å². The normalized spacial score (nSPS) is 18.8. The highest BCUT2D eigenvalue weighted by Crippen LogP contribution is 2.43. The molecule has 166 valence electrons. The van der Waals surface area contributed by atoms with Crippen LogP contribution in [0.15, 0.2) is 48.5 Å². The summed E-state index contributed by atoms with van der Waals surface area (Å²) < 4.78 is 10.7. The molecule has 0 spiro atoms. The van der Waals surface area contributed by atoms with Gasteiger partial charge in [-0.2, -0.15) is 5.10 Å². The second kappa shape index (κ2) is 8.94.